The van der Waals surface area contributed by atoms with Crippen LogP contribution in [0.25, 0.3) is 0 Å². The van der Waals surface area contributed by atoms with Crippen molar-refractivity contribution in [3.8, 4) is 0 Å². The molecule has 4 rings (SSSR count). The van der Waals surface area contributed by atoms with Crippen molar-refractivity contribution >= 4 is 34.8 Å². The monoisotopic (exact) mass is 367 g/mol. The number of thioether (sulfide) groups is 1. The van der Waals surface area contributed by atoms with Crippen LogP contribution in [-0.2, 0) is 0 Å². The van der Waals surface area contributed by atoms with Gasteiger partial charge >= 0.3 is 0 Å². The third-order valence-electron chi connectivity index (χ3n) is 4.19. The average Bonchev–Trinajstić information content (AvgIpc) is 2.82. The van der Waals surface area contributed by atoms with Gasteiger partial charge < -0.3 is 0 Å². The fourth-order valence-electron chi connectivity index (χ4n) is 2.90. The number of halogens is 2. The minimum Gasteiger partial charge on any atom is -0.252 e. The molecule has 0 aliphatic carbocycles. The molecule has 0 saturated carbocycles. The Hall–Kier alpha value is -2.10. The molecule has 4 heteroatoms. The Balaban J connectivity index is 1.78. The Kier molecular flexibility index (Phi) is 4.60. The molecule has 1 aliphatic heterocycles. The number of aliphatic imine (C=N–C) groups is 1. The molecule has 1 atom stereocenters. The van der Waals surface area contributed by atoms with Crippen molar-refractivity contribution in [2.45, 2.75) is 16.6 Å². The Morgan fingerprint density at radius 3 is 2.40 bits per heavy atom. The van der Waals surface area contributed by atoms with Crippen LogP contribution < -0.4 is 0 Å². The van der Waals surface area contributed by atoms with Gasteiger partial charge in [-0.15, -0.1) is 11.8 Å². The Morgan fingerprint density at radius 1 is 0.920 bits per heavy atom. The summed E-state index contributed by atoms with van der Waals surface area (Å²) in [6, 6.07) is 22.7. The van der Waals surface area contributed by atoms with Gasteiger partial charge in [-0.25, -0.2) is 4.39 Å². The number of nitrogens with zero attached hydrogens (tertiary/aromatic N) is 1. The first-order chi connectivity index (χ1) is 12.2. The van der Waals surface area contributed by atoms with Crippen LogP contribution in [0.3, 0.4) is 0 Å². The second-order valence-electron chi connectivity index (χ2n) is 5.90. The first kappa shape index (κ1) is 16.4. The van der Waals surface area contributed by atoms with Crippen molar-refractivity contribution in [1.82, 2.24) is 0 Å². The molecule has 0 radical (unpaired) electrons. The summed E-state index contributed by atoms with van der Waals surface area (Å²) in [6.45, 7) is 0. The Morgan fingerprint density at radius 2 is 1.64 bits per heavy atom. The number of benzene rings is 3. The van der Waals surface area contributed by atoms with Crippen molar-refractivity contribution < 1.29 is 4.39 Å². The molecule has 0 aromatic heterocycles. The van der Waals surface area contributed by atoms with E-state index in [4.69, 9.17) is 16.6 Å². The molecule has 25 heavy (non-hydrogen) atoms. The normalized spacial score (nSPS) is 16.7. The Labute approximate surface area is 155 Å². The zero-order valence-corrected chi connectivity index (χ0v) is 14.9. The van der Waals surface area contributed by atoms with Crippen molar-refractivity contribution in [3.05, 3.63) is 94.8 Å². The van der Waals surface area contributed by atoms with E-state index in [-0.39, 0.29) is 11.1 Å². The average molecular weight is 368 g/mol. The largest absolute Gasteiger partial charge is 0.252 e. The predicted octanol–water partition coefficient (Wildman–Crippen LogP) is 6.84. The summed E-state index contributed by atoms with van der Waals surface area (Å²) in [7, 11) is 0. The number of hydrogen-bond donors (Lipinski definition) is 0. The van der Waals surface area contributed by atoms with Gasteiger partial charge in [0, 0.05) is 27.3 Å². The molecule has 124 valence electrons. The Bertz CT molecular complexity index is 919. The summed E-state index contributed by atoms with van der Waals surface area (Å²) in [4.78, 5) is 6.03. The maximum atomic E-state index is 13.3. The molecule has 1 aliphatic rings. The zero-order chi connectivity index (χ0) is 17.2. The lowest BCUT2D eigenvalue weighted by Gasteiger charge is -2.16. The van der Waals surface area contributed by atoms with Crippen molar-refractivity contribution in [2.75, 3.05) is 0 Å². The molecule has 0 N–H and O–H groups in total. The molecular formula is C21H15ClFNS. The smallest absolute Gasteiger partial charge is 0.123 e. The van der Waals surface area contributed by atoms with E-state index < -0.39 is 0 Å². The SMILES string of the molecule is Fc1ccc(C2=Nc3ccccc3S[C@@H](c3ccc(Cl)cc3)C2)cc1. The molecular weight excluding hydrogens is 353 g/mol. The lowest BCUT2D eigenvalue weighted by atomic mass is 10.0. The highest BCUT2D eigenvalue weighted by Crippen LogP contribution is 2.45. The van der Waals surface area contributed by atoms with Gasteiger partial charge in [0.15, 0.2) is 0 Å². The van der Waals surface area contributed by atoms with Gasteiger partial charge in [-0.3, -0.25) is 4.99 Å². The minimum absolute atomic E-state index is 0.227. The fourth-order valence-corrected chi connectivity index (χ4v) is 4.26. The van der Waals surface area contributed by atoms with Crippen LogP contribution in [0.4, 0.5) is 10.1 Å². The summed E-state index contributed by atoms with van der Waals surface area (Å²) in [6.07, 6.45) is 0.770. The lowest BCUT2D eigenvalue weighted by molar-refractivity contribution is 0.627. The molecule has 1 nitrogen and oxygen atoms in total. The van der Waals surface area contributed by atoms with Gasteiger partial charge in [0.1, 0.15) is 5.82 Å². The van der Waals surface area contributed by atoms with E-state index in [2.05, 4.69) is 18.2 Å². The van der Waals surface area contributed by atoms with Crippen molar-refractivity contribution in [1.29, 1.82) is 0 Å². The quantitative estimate of drug-likeness (QED) is 0.483. The van der Waals surface area contributed by atoms with Gasteiger partial charge in [-0.2, -0.15) is 0 Å². The van der Waals surface area contributed by atoms with Crippen molar-refractivity contribution in [2.24, 2.45) is 4.99 Å². The number of rotatable bonds is 2. The van der Waals surface area contributed by atoms with Crippen LogP contribution in [0, 0.1) is 5.82 Å². The predicted molar refractivity (Wildman–Crippen MR) is 104 cm³/mol. The maximum absolute atomic E-state index is 13.3. The lowest BCUT2D eigenvalue weighted by Crippen LogP contribution is -2.05. The fraction of sp³-hybridized carbons (Fsp3) is 0.0952. The van der Waals surface area contributed by atoms with Crippen LogP contribution >= 0.6 is 23.4 Å². The van der Waals surface area contributed by atoms with Crippen LogP contribution in [0.5, 0.6) is 0 Å². The molecule has 0 saturated heterocycles. The number of fused-ring (bicyclic) bond motifs is 1. The van der Waals surface area contributed by atoms with E-state index >= 15 is 0 Å². The summed E-state index contributed by atoms with van der Waals surface area (Å²) >= 11 is 7.84. The second kappa shape index (κ2) is 7.03. The summed E-state index contributed by atoms with van der Waals surface area (Å²) in [5.41, 5.74) is 4.10. The van der Waals surface area contributed by atoms with Crippen LogP contribution in [0.1, 0.15) is 22.8 Å². The summed E-state index contributed by atoms with van der Waals surface area (Å²) in [5, 5.41) is 0.958. The van der Waals surface area contributed by atoms with Crippen molar-refractivity contribution in [3.63, 3.8) is 0 Å². The first-order valence-electron chi connectivity index (χ1n) is 8.04. The van der Waals surface area contributed by atoms with E-state index in [9.17, 15) is 4.39 Å². The molecule has 0 unspecified atom stereocenters. The summed E-state index contributed by atoms with van der Waals surface area (Å²) < 4.78 is 13.3. The molecule has 0 fully saturated rings. The highest BCUT2D eigenvalue weighted by atomic mass is 35.5. The molecule has 0 spiro atoms. The third kappa shape index (κ3) is 3.63. The first-order valence-corrected chi connectivity index (χ1v) is 9.29. The number of para-hydroxylation sites is 1. The maximum Gasteiger partial charge on any atom is 0.123 e. The molecule has 1 heterocycles. The van der Waals surface area contributed by atoms with Crippen LogP contribution in [0.15, 0.2) is 82.7 Å². The van der Waals surface area contributed by atoms with E-state index in [1.165, 1.54) is 17.7 Å². The minimum atomic E-state index is -0.234. The van der Waals surface area contributed by atoms with E-state index in [0.717, 1.165) is 33.3 Å². The van der Waals surface area contributed by atoms with E-state index in [1.807, 2.05) is 30.3 Å². The molecule has 3 aromatic carbocycles. The molecule has 0 bridgehead atoms. The molecule has 0 amide bonds. The topological polar surface area (TPSA) is 12.4 Å². The van der Waals surface area contributed by atoms with E-state index in [0.29, 0.717) is 0 Å². The van der Waals surface area contributed by atoms with Gasteiger partial charge in [0.05, 0.1) is 5.69 Å². The van der Waals surface area contributed by atoms with Crippen LogP contribution in [0.2, 0.25) is 5.02 Å². The number of hydrogen-bond acceptors (Lipinski definition) is 2. The zero-order valence-electron chi connectivity index (χ0n) is 13.3. The highest BCUT2D eigenvalue weighted by molar-refractivity contribution is 7.99. The third-order valence-corrected chi connectivity index (χ3v) is 5.76. The second-order valence-corrected chi connectivity index (χ2v) is 7.58. The van der Waals surface area contributed by atoms with Gasteiger partial charge in [-0.05, 0) is 47.5 Å². The summed E-state index contributed by atoms with van der Waals surface area (Å²) in [5.74, 6) is -0.234. The van der Waals surface area contributed by atoms with Crippen LogP contribution in [-0.4, -0.2) is 5.71 Å². The highest BCUT2D eigenvalue weighted by Gasteiger charge is 2.22. The van der Waals surface area contributed by atoms with Gasteiger partial charge in [0.2, 0.25) is 0 Å². The standard InChI is InChI=1S/C21H15ClFNS/c22-16-9-5-15(6-10-16)21-13-19(14-7-11-17(23)12-8-14)24-18-3-1-2-4-20(18)25-21/h1-12,21H,13H2/t21-/m1/s1. The van der Waals surface area contributed by atoms with E-state index in [1.54, 1.807) is 23.9 Å². The van der Waals surface area contributed by atoms with Gasteiger partial charge in [0.25, 0.3) is 0 Å². The van der Waals surface area contributed by atoms with Gasteiger partial charge in [-0.1, -0.05) is 48.0 Å². The molecule has 3 aromatic rings.